The van der Waals surface area contributed by atoms with Crippen molar-refractivity contribution in [2.24, 2.45) is 11.7 Å². The summed E-state index contributed by atoms with van der Waals surface area (Å²) in [6.07, 6.45) is -0.559. The number of fused-ring (bicyclic) bond motifs is 1. The average Bonchev–Trinajstić information content (AvgIpc) is 2.37. The molecule has 0 aliphatic carbocycles. The van der Waals surface area contributed by atoms with Gasteiger partial charge in [-0.2, -0.15) is 0 Å². The number of aliphatic hydroxyl groups is 1. The molecule has 1 aliphatic heterocycles. The summed E-state index contributed by atoms with van der Waals surface area (Å²) < 4.78 is 10.5. The Labute approximate surface area is 101 Å². The molecule has 1 aromatic carbocycles. The van der Waals surface area contributed by atoms with Crippen LogP contribution in [0.3, 0.4) is 0 Å². The summed E-state index contributed by atoms with van der Waals surface area (Å²) >= 11 is 0. The van der Waals surface area contributed by atoms with Crippen LogP contribution in [0.4, 0.5) is 5.69 Å². The molecule has 2 unspecified atom stereocenters. The van der Waals surface area contributed by atoms with Gasteiger partial charge in [0.2, 0.25) is 0 Å². The molecule has 5 nitrogen and oxygen atoms in total. The van der Waals surface area contributed by atoms with Crippen molar-refractivity contribution >= 4 is 5.69 Å². The Bertz CT molecular complexity index is 409. The second-order valence-corrected chi connectivity index (χ2v) is 4.09. The van der Waals surface area contributed by atoms with Gasteiger partial charge >= 0.3 is 0 Å². The van der Waals surface area contributed by atoms with Crippen molar-refractivity contribution in [1.29, 1.82) is 0 Å². The number of methoxy groups -OCH3 is 2. The normalized spacial score (nSPS) is 22.6. The van der Waals surface area contributed by atoms with Gasteiger partial charge < -0.3 is 25.6 Å². The van der Waals surface area contributed by atoms with Crippen LogP contribution in [0, 0.1) is 5.92 Å². The van der Waals surface area contributed by atoms with Crippen molar-refractivity contribution < 1.29 is 14.6 Å². The second-order valence-electron chi connectivity index (χ2n) is 4.09. The molecule has 0 radical (unpaired) electrons. The van der Waals surface area contributed by atoms with Crippen LogP contribution in [0.25, 0.3) is 0 Å². The topological polar surface area (TPSA) is 76.7 Å². The Morgan fingerprint density at radius 2 is 2.18 bits per heavy atom. The first-order valence-corrected chi connectivity index (χ1v) is 5.59. The van der Waals surface area contributed by atoms with Crippen LogP contribution in [-0.2, 0) is 0 Å². The van der Waals surface area contributed by atoms with Gasteiger partial charge in [-0.1, -0.05) is 6.07 Å². The van der Waals surface area contributed by atoms with Gasteiger partial charge in [0.15, 0.2) is 11.5 Å². The van der Waals surface area contributed by atoms with Crippen molar-refractivity contribution in [3.05, 3.63) is 17.7 Å². The van der Waals surface area contributed by atoms with E-state index >= 15 is 0 Å². The molecule has 0 bridgehead atoms. The summed E-state index contributed by atoms with van der Waals surface area (Å²) in [6, 6.07) is 3.64. The standard InChI is InChI=1S/C12H18N2O3/c1-16-9-4-3-8-10(12(9)17-2)14-6-7(5-13)11(8)15/h3-4,7,11,14-15H,5-6,13H2,1-2H3. The first-order valence-electron chi connectivity index (χ1n) is 5.59. The molecule has 2 atom stereocenters. The highest BCUT2D eigenvalue weighted by Crippen LogP contribution is 2.44. The van der Waals surface area contributed by atoms with E-state index in [0.717, 1.165) is 11.3 Å². The van der Waals surface area contributed by atoms with E-state index in [-0.39, 0.29) is 5.92 Å². The predicted octanol–water partition coefficient (Wildman–Crippen LogP) is 0.738. The lowest BCUT2D eigenvalue weighted by atomic mass is 9.90. The first-order chi connectivity index (χ1) is 8.22. The average molecular weight is 238 g/mol. The SMILES string of the molecule is COc1ccc2c(c1OC)NCC(CN)C2O. The quantitative estimate of drug-likeness (QED) is 0.724. The van der Waals surface area contributed by atoms with Crippen LogP contribution in [0.15, 0.2) is 12.1 Å². The van der Waals surface area contributed by atoms with Crippen LogP contribution < -0.4 is 20.5 Å². The molecular weight excluding hydrogens is 220 g/mol. The zero-order chi connectivity index (χ0) is 12.4. The Morgan fingerprint density at radius 1 is 1.41 bits per heavy atom. The largest absolute Gasteiger partial charge is 0.493 e. The van der Waals surface area contributed by atoms with E-state index < -0.39 is 6.10 Å². The predicted molar refractivity (Wildman–Crippen MR) is 65.5 cm³/mol. The summed E-state index contributed by atoms with van der Waals surface area (Å²) in [6.45, 7) is 1.08. The smallest absolute Gasteiger partial charge is 0.184 e. The number of benzene rings is 1. The number of ether oxygens (including phenoxy) is 2. The Morgan fingerprint density at radius 3 is 2.76 bits per heavy atom. The second kappa shape index (κ2) is 4.81. The first kappa shape index (κ1) is 12.0. The summed E-state index contributed by atoms with van der Waals surface area (Å²) in [7, 11) is 3.17. The highest BCUT2D eigenvalue weighted by atomic mass is 16.5. The lowest BCUT2D eigenvalue weighted by Gasteiger charge is -2.31. The van der Waals surface area contributed by atoms with E-state index in [4.69, 9.17) is 15.2 Å². The van der Waals surface area contributed by atoms with Crippen molar-refractivity contribution in [1.82, 2.24) is 0 Å². The van der Waals surface area contributed by atoms with E-state index in [1.54, 1.807) is 20.3 Å². The molecule has 1 aliphatic rings. The third-order valence-electron chi connectivity index (χ3n) is 3.19. The monoisotopic (exact) mass is 238 g/mol. The number of hydrogen-bond acceptors (Lipinski definition) is 5. The lowest BCUT2D eigenvalue weighted by Crippen LogP contribution is -2.33. The van der Waals surface area contributed by atoms with Crippen molar-refractivity contribution in [2.45, 2.75) is 6.10 Å². The Kier molecular flexibility index (Phi) is 3.40. The lowest BCUT2D eigenvalue weighted by molar-refractivity contribution is 0.114. The molecule has 94 valence electrons. The molecular formula is C12H18N2O3. The van der Waals surface area contributed by atoms with Crippen molar-refractivity contribution in [2.75, 3.05) is 32.6 Å². The molecule has 0 saturated heterocycles. The molecule has 0 saturated carbocycles. The van der Waals surface area contributed by atoms with Gasteiger partial charge in [0.05, 0.1) is 26.0 Å². The summed E-state index contributed by atoms with van der Waals surface area (Å²) in [5.41, 5.74) is 7.23. The molecule has 0 fully saturated rings. The van der Waals surface area contributed by atoms with Crippen LogP contribution in [0.2, 0.25) is 0 Å². The molecule has 0 aromatic heterocycles. The van der Waals surface area contributed by atoms with Gasteiger partial charge in [-0.15, -0.1) is 0 Å². The minimum absolute atomic E-state index is 0.0283. The van der Waals surface area contributed by atoms with Gasteiger partial charge in [-0.05, 0) is 12.6 Å². The maximum atomic E-state index is 10.2. The zero-order valence-corrected chi connectivity index (χ0v) is 10.1. The maximum absolute atomic E-state index is 10.2. The zero-order valence-electron chi connectivity index (χ0n) is 10.1. The number of nitrogens with two attached hydrogens (primary N) is 1. The minimum Gasteiger partial charge on any atom is -0.493 e. The van der Waals surface area contributed by atoms with Gasteiger partial charge in [-0.25, -0.2) is 0 Å². The fraction of sp³-hybridized carbons (Fsp3) is 0.500. The fourth-order valence-electron chi connectivity index (χ4n) is 2.18. The third-order valence-corrected chi connectivity index (χ3v) is 3.19. The summed E-state index contributed by atoms with van der Waals surface area (Å²) in [5, 5.41) is 13.4. The molecule has 2 rings (SSSR count). The van der Waals surface area contributed by atoms with Crippen LogP contribution in [-0.4, -0.2) is 32.4 Å². The Balaban J connectivity index is 2.47. The maximum Gasteiger partial charge on any atom is 0.184 e. The molecule has 4 N–H and O–H groups in total. The van der Waals surface area contributed by atoms with E-state index in [2.05, 4.69) is 5.32 Å². The summed E-state index contributed by atoms with van der Waals surface area (Å²) in [4.78, 5) is 0. The van der Waals surface area contributed by atoms with Gasteiger partial charge in [0, 0.05) is 18.0 Å². The molecule has 1 heterocycles. The number of anilines is 1. The van der Waals surface area contributed by atoms with Gasteiger partial charge in [-0.3, -0.25) is 0 Å². The van der Waals surface area contributed by atoms with Crippen LogP contribution >= 0.6 is 0 Å². The molecule has 0 spiro atoms. The van der Waals surface area contributed by atoms with Crippen LogP contribution in [0.1, 0.15) is 11.7 Å². The van der Waals surface area contributed by atoms with E-state index in [1.165, 1.54) is 0 Å². The molecule has 5 heteroatoms. The minimum atomic E-state index is -0.559. The van der Waals surface area contributed by atoms with E-state index in [9.17, 15) is 5.11 Å². The fourth-order valence-corrected chi connectivity index (χ4v) is 2.18. The molecule has 17 heavy (non-hydrogen) atoms. The Hall–Kier alpha value is -1.46. The third kappa shape index (κ3) is 1.92. The van der Waals surface area contributed by atoms with Gasteiger partial charge in [0.1, 0.15) is 0 Å². The van der Waals surface area contributed by atoms with Crippen molar-refractivity contribution in [3.8, 4) is 11.5 Å². The highest BCUT2D eigenvalue weighted by molar-refractivity contribution is 5.69. The van der Waals surface area contributed by atoms with E-state index in [1.807, 2.05) is 6.07 Å². The van der Waals surface area contributed by atoms with Crippen molar-refractivity contribution in [3.63, 3.8) is 0 Å². The number of hydrogen-bond donors (Lipinski definition) is 3. The number of nitrogens with one attached hydrogen (secondary N) is 1. The number of rotatable bonds is 3. The van der Waals surface area contributed by atoms with Gasteiger partial charge in [0.25, 0.3) is 0 Å². The van der Waals surface area contributed by atoms with Crippen LogP contribution in [0.5, 0.6) is 11.5 Å². The number of aliphatic hydroxyl groups excluding tert-OH is 1. The van der Waals surface area contributed by atoms with E-state index in [0.29, 0.717) is 24.6 Å². The highest BCUT2D eigenvalue weighted by Gasteiger charge is 2.30. The summed E-state index contributed by atoms with van der Waals surface area (Å²) in [5.74, 6) is 1.30. The molecule has 0 amide bonds. The molecule has 1 aromatic rings.